The summed E-state index contributed by atoms with van der Waals surface area (Å²) >= 11 is 0. The summed E-state index contributed by atoms with van der Waals surface area (Å²) in [5.74, 6) is 0. The third kappa shape index (κ3) is 4.33. The van der Waals surface area contributed by atoms with Crippen molar-refractivity contribution in [3.63, 3.8) is 0 Å². The number of nitrogens with zero attached hydrogens (tertiary/aromatic N) is 8. The molecule has 0 spiro atoms. The molecule has 0 amide bonds. The minimum atomic E-state index is 0.340. The second-order valence-electron chi connectivity index (χ2n) is 11.6. The van der Waals surface area contributed by atoms with E-state index in [-0.39, 0.29) is 0 Å². The average molecular weight is 635 g/mol. The van der Waals surface area contributed by atoms with Crippen molar-refractivity contribution >= 4 is 60.7 Å². The molecule has 0 aliphatic carbocycles. The SMILES string of the molecule is [C-]#[N+]c1ccc2c3ccc(C#N)cc3n(-c3ccc(C#N)c(-c4cc(-n5c6cc(C#N)ccc6c6ccc([N+]#[C-])cc65)ccc4[N+]#[C-])c3)c2c1. The van der Waals surface area contributed by atoms with E-state index >= 15 is 0 Å². The second-order valence-corrected chi connectivity index (χ2v) is 11.6. The van der Waals surface area contributed by atoms with Crippen molar-refractivity contribution < 1.29 is 0 Å². The maximum absolute atomic E-state index is 10.3. The fourth-order valence-electron chi connectivity index (χ4n) is 6.82. The third-order valence-corrected chi connectivity index (χ3v) is 9.05. The number of rotatable bonds is 3. The summed E-state index contributed by atoms with van der Waals surface area (Å²) in [6, 6.07) is 39.5. The molecule has 8 rings (SSSR count). The van der Waals surface area contributed by atoms with Gasteiger partial charge >= 0.3 is 0 Å². The molecule has 6 aromatic carbocycles. The molecule has 0 saturated heterocycles. The van der Waals surface area contributed by atoms with Crippen molar-refractivity contribution in [2.75, 3.05) is 0 Å². The summed E-state index contributed by atoms with van der Waals surface area (Å²) in [5, 5.41) is 33.4. The van der Waals surface area contributed by atoms with E-state index in [1.165, 1.54) is 0 Å². The Morgan fingerprint density at radius 1 is 0.440 bits per heavy atom. The number of benzene rings is 6. The van der Waals surface area contributed by atoms with Gasteiger partial charge in [-0.3, -0.25) is 0 Å². The Morgan fingerprint density at radius 3 is 1.36 bits per heavy atom. The highest BCUT2D eigenvalue weighted by molar-refractivity contribution is 6.11. The first-order chi connectivity index (χ1) is 24.5. The van der Waals surface area contributed by atoms with Crippen LogP contribution in [0.4, 0.5) is 17.1 Å². The van der Waals surface area contributed by atoms with Crippen molar-refractivity contribution in [2.45, 2.75) is 0 Å². The monoisotopic (exact) mass is 634 g/mol. The van der Waals surface area contributed by atoms with Crippen molar-refractivity contribution in [2.24, 2.45) is 0 Å². The molecule has 8 aromatic rings. The number of hydrogen-bond acceptors (Lipinski definition) is 3. The normalized spacial score (nSPS) is 10.7. The largest absolute Gasteiger partial charge is 0.311 e. The van der Waals surface area contributed by atoms with Crippen molar-refractivity contribution in [1.82, 2.24) is 9.13 Å². The number of aromatic nitrogens is 2. The molecule has 0 aliphatic heterocycles. The average Bonchev–Trinajstić information content (AvgIpc) is 3.67. The van der Waals surface area contributed by atoms with E-state index in [0.29, 0.717) is 56.3 Å². The van der Waals surface area contributed by atoms with E-state index in [1.54, 1.807) is 36.4 Å². The predicted octanol–water partition coefficient (Wildman–Crippen LogP) is 10.8. The minimum Gasteiger partial charge on any atom is -0.311 e. The second kappa shape index (κ2) is 11.3. The molecule has 0 fully saturated rings. The highest BCUT2D eigenvalue weighted by atomic mass is 15.0. The summed E-state index contributed by atoms with van der Waals surface area (Å²) in [7, 11) is 0. The lowest BCUT2D eigenvalue weighted by molar-refractivity contribution is 1.17. The zero-order valence-electron chi connectivity index (χ0n) is 26.0. The van der Waals surface area contributed by atoms with E-state index in [2.05, 4.69) is 32.7 Å². The van der Waals surface area contributed by atoms with Crippen LogP contribution in [0.2, 0.25) is 0 Å². The van der Waals surface area contributed by atoms with Gasteiger partial charge in [-0.25, -0.2) is 14.5 Å². The molecule has 0 atom stereocenters. The van der Waals surface area contributed by atoms with Gasteiger partial charge in [0.25, 0.3) is 0 Å². The first-order valence-electron chi connectivity index (χ1n) is 15.3. The first kappa shape index (κ1) is 29.3. The minimum absolute atomic E-state index is 0.340. The van der Waals surface area contributed by atoms with Crippen LogP contribution in [-0.2, 0) is 0 Å². The predicted molar refractivity (Wildman–Crippen MR) is 193 cm³/mol. The van der Waals surface area contributed by atoms with Crippen LogP contribution < -0.4 is 0 Å². The number of nitriles is 3. The molecule has 50 heavy (non-hydrogen) atoms. The summed E-state index contributed by atoms with van der Waals surface area (Å²) in [4.78, 5) is 11.1. The van der Waals surface area contributed by atoms with Gasteiger partial charge in [0.05, 0.1) is 65.6 Å². The van der Waals surface area contributed by atoms with Crippen molar-refractivity contribution in [3.8, 4) is 40.7 Å². The van der Waals surface area contributed by atoms with Gasteiger partial charge in [-0.2, -0.15) is 15.8 Å². The van der Waals surface area contributed by atoms with Gasteiger partial charge in [-0.05, 0) is 77.9 Å². The van der Waals surface area contributed by atoms with Crippen LogP contribution in [0, 0.1) is 53.7 Å². The molecule has 2 heterocycles. The lowest BCUT2D eigenvalue weighted by Gasteiger charge is -2.15. The molecule has 0 unspecified atom stereocenters. The van der Waals surface area contributed by atoms with Gasteiger partial charge in [-0.15, -0.1) is 0 Å². The van der Waals surface area contributed by atoms with Crippen LogP contribution in [0.3, 0.4) is 0 Å². The Labute approximate surface area is 285 Å². The van der Waals surface area contributed by atoms with Crippen LogP contribution in [-0.4, -0.2) is 9.13 Å². The van der Waals surface area contributed by atoms with Gasteiger partial charge < -0.3 is 9.13 Å². The molecular formula is C42H18N8. The Bertz CT molecular complexity index is 2710. The molecule has 226 valence electrons. The maximum atomic E-state index is 10.3. The van der Waals surface area contributed by atoms with Crippen LogP contribution in [0.25, 0.3) is 80.6 Å². The molecule has 8 heteroatoms. The van der Waals surface area contributed by atoms with Crippen molar-refractivity contribution in [1.29, 1.82) is 15.8 Å². The van der Waals surface area contributed by atoms with Crippen LogP contribution in [0.1, 0.15) is 16.7 Å². The smallest absolute Gasteiger partial charge is 0.195 e. The van der Waals surface area contributed by atoms with Crippen molar-refractivity contribution in [3.05, 3.63) is 160 Å². The molecule has 0 bridgehead atoms. The van der Waals surface area contributed by atoms with E-state index in [4.69, 9.17) is 19.7 Å². The van der Waals surface area contributed by atoms with Crippen LogP contribution >= 0.6 is 0 Å². The topological polar surface area (TPSA) is 94.3 Å². The number of hydrogen-bond donors (Lipinski definition) is 0. The van der Waals surface area contributed by atoms with Gasteiger partial charge in [0, 0.05) is 44.0 Å². The summed E-state index contributed by atoms with van der Waals surface area (Å²) in [6.07, 6.45) is 0. The summed E-state index contributed by atoms with van der Waals surface area (Å²) in [5.41, 5.74) is 8.12. The fraction of sp³-hybridized carbons (Fsp3) is 0. The molecule has 0 aliphatic rings. The molecule has 8 nitrogen and oxygen atoms in total. The Morgan fingerprint density at radius 2 is 0.900 bits per heavy atom. The van der Waals surface area contributed by atoms with Crippen LogP contribution in [0.5, 0.6) is 0 Å². The molecular weight excluding hydrogens is 617 g/mol. The Balaban J connectivity index is 1.43. The lowest BCUT2D eigenvalue weighted by atomic mass is 9.97. The zero-order chi connectivity index (χ0) is 34.5. The highest BCUT2D eigenvalue weighted by Crippen LogP contribution is 2.41. The highest BCUT2D eigenvalue weighted by Gasteiger charge is 2.19. The van der Waals surface area contributed by atoms with E-state index in [1.807, 2.05) is 81.9 Å². The van der Waals surface area contributed by atoms with Gasteiger partial charge in [-0.1, -0.05) is 42.5 Å². The zero-order valence-corrected chi connectivity index (χ0v) is 26.0. The maximum Gasteiger partial charge on any atom is 0.195 e. The standard InChI is InChI=1S/C42H18N8/c1-46-28-7-13-34-32-11-4-25(22-43)16-39(32)49(41(34)18-28)30-9-6-27(24-45)36(20-30)37-21-31(10-15-38(37)48-3)50-40-17-26(23-44)5-12-33(40)35-14-8-29(47-2)19-42(35)50/h4-21H. The van der Waals surface area contributed by atoms with Gasteiger partial charge in [0.1, 0.15) is 0 Å². The van der Waals surface area contributed by atoms with Gasteiger partial charge in [0.2, 0.25) is 0 Å². The summed E-state index contributed by atoms with van der Waals surface area (Å²) in [6.45, 7) is 23.4. The fourth-order valence-corrected chi connectivity index (χ4v) is 6.82. The van der Waals surface area contributed by atoms with E-state index in [9.17, 15) is 15.8 Å². The quantitative estimate of drug-likeness (QED) is 0.181. The number of fused-ring (bicyclic) bond motifs is 6. The van der Waals surface area contributed by atoms with E-state index in [0.717, 1.165) is 43.6 Å². The molecule has 2 aromatic heterocycles. The molecule has 0 N–H and O–H groups in total. The molecule has 0 saturated carbocycles. The Kier molecular flexibility index (Phi) is 6.60. The summed E-state index contributed by atoms with van der Waals surface area (Å²) < 4.78 is 3.96. The third-order valence-electron chi connectivity index (χ3n) is 9.05. The van der Waals surface area contributed by atoms with Crippen LogP contribution in [0.15, 0.2) is 109 Å². The Hall–Kier alpha value is -8.14. The first-order valence-corrected chi connectivity index (χ1v) is 15.3. The lowest BCUT2D eigenvalue weighted by Crippen LogP contribution is -1.98. The van der Waals surface area contributed by atoms with E-state index < -0.39 is 0 Å². The van der Waals surface area contributed by atoms with Gasteiger partial charge in [0.15, 0.2) is 17.1 Å². The molecule has 0 radical (unpaired) electrons.